The summed E-state index contributed by atoms with van der Waals surface area (Å²) in [5.74, 6) is 0. The van der Waals surface area contributed by atoms with Gasteiger partial charge in [-0.3, -0.25) is 4.90 Å². The first-order chi connectivity index (χ1) is 26.2. The minimum absolute atomic E-state index is 0.0130. The smallest absolute Gasteiger partial charge is 0.0906 e. The van der Waals surface area contributed by atoms with Crippen LogP contribution >= 0.6 is 0 Å². The maximum Gasteiger partial charge on any atom is 0.0906 e. The summed E-state index contributed by atoms with van der Waals surface area (Å²) in [4.78, 5) is 29.0. The van der Waals surface area contributed by atoms with E-state index in [1.807, 2.05) is 0 Å². The molecule has 0 atom stereocenters. The number of hydrogen-bond donors (Lipinski definition) is 5. The van der Waals surface area contributed by atoms with E-state index < -0.39 is 0 Å². The van der Waals surface area contributed by atoms with E-state index in [0.717, 1.165) is 108 Å². The van der Waals surface area contributed by atoms with Crippen LogP contribution in [-0.4, -0.2) is 48.9 Å². The average molecular weight is 725 g/mol. The van der Waals surface area contributed by atoms with Crippen LogP contribution in [-0.2, 0) is 51.4 Å². The van der Waals surface area contributed by atoms with Gasteiger partial charge in [0.05, 0.1) is 57.6 Å². The average Bonchev–Trinajstić information content (AvgIpc) is 3.96. The van der Waals surface area contributed by atoms with Crippen molar-refractivity contribution in [2.24, 2.45) is 5.73 Å². The Morgan fingerprint density at radius 1 is 0.444 bits per heavy atom. The first-order valence-electron chi connectivity index (χ1n) is 20.5. The van der Waals surface area contributed by atoms with Gasteiger partial charge in [-0.05, 0) is 134 Å². The highest BCUT2D eigenvalue weighted by Crippen LogP contribution is 2.42. The number of H-pyrrole nitrogens is 4. The number of nitrogens with two attached hydrogens (primary N) is 1. The molecule has 1 aliphatic heterocycles. The zero-order valence-corrected chi connectivity index (χ0v) is 34.2. The first-order valence-corrected chi connectivity index (χ1v) is 20.5. The van der Waals surface area contributed by atoms with Crippen LogP contribution in [0.4, 0.5) is 0 Å². The largest absolute Gasteiger partial charge is 0.355 e. The molecular formula is C46H60N8. The van der Waals surface area contributed by atoms with Gasteiger partial charge in [-0.25, -0.2) is 9.97 Å². The van der Waals surface area contributed by atoms with Crippen LogP contribution < -0.4 is 5.73 Å². The molecule has 0 unspecified atom stereocenters. The lowest BCUT2D eigenvalue weighted by Gasteiger charge is -2.26. The molecule has 6 aromatic rings. The number of rotatable bonds is 9. The summed E-state index contributed by atoms with van der Waals surface area (Å²) in [6, 6.07) is 12.6. The molecule has 12 bridgehead atoms. The Bertz CT molecular complexity index is 2130. The normalized spacial score (nSPS) is 15.3. The third kappa shape index (κ3) is 5.89. The molecule has 6 N–H and O–H groups in total. The maximum atomic E-state index is 7.40. The van der Waals surface area contributed by atoms with Crippen LogP contribution in [0, 0.1) is 0 Å². The third-order valence-electron chi connectivity index (χ3n) is 12.0. The predicted octanol–water partition coefficient (Wildman–Crippen LogP) is 9.97. The minimum Gasteiger partial charge on any atom is -0.355 e. The molecule has 284 valence electrons. The molecule has 8 nitrogen and oxygen atoms in total. The SMILES string of the molecule is CCc1c2[nH]c(c1CC)C(N)c1[nH]c(c(CC)c1CC)-c1cccc(n1)-c1[nH]c(c(CC)c1CC)C(N(C)C)c1[nH]c(c(CC)c1CC)-c1cccc-2n1. The lowest BCUT2D eigenvalue weighted by atomic mass is 9.94. The Morgan fingerprint density at radius 3 is 0.963 bits per heavy atom. The number of aromatic nitrogens is 6. The second kappa shape index (κ2) is 15.2. The Labute approximate surface area is 321 Å². The highest BCUT2D eigenvalue weighted by Gasteiger charge is 2.32. The number of hydrogen-bond acceptors (Lipinski definition) is 4. The van der Waals surface area contributed by atoms with E-state index >= 15 is 0 Å². The van der Waals surface area contributed by atoms with Crippen molar-refractivity contribution in [1.29, 1.82) is 0 Å². The Balaban J connectivity index is 1.60. The van der Waals surface area contributed by atoms with E-state index in [1.54, 1.807) is 0 Å². The van der Waals surface area contributed by atoms with Gasteiger partial charge in [-0.2, -0.15) is 0 Å². The fourth-order valence-electron chi connectivity index (χ4n) is 9.68. The highest BCUT2D eigenvalue weighted by molar-refractivity contribution is 5.73. The fourth-order valence-corrected chi connectivity index (χ4v) is 9.68. The lowest BCUT2D eigenvalue weighted by molar-refractivity contribution is 0.329. The molecule has 6 aromatic heterocycles. The molecule has 0 spiro atoms. The van der Waals surface area contributed by atoms with E-state index in [2.05, 4.69) is 131 Å². The van der Waals surface area contributed by atoms with Gasteiger partial charge in [-0.15, -0.1) is 0 Å². The number of pyridine rings is 2. The van der Waals surface area contributed by atoms with Gasteiger partial charge in [0.1, 0.15) is 0 Å². The van der Waals surface area contributed by atoms with Gasteiger partial charge >= 0.3 is 0 Å². The van der Waals surface area contributed by atoms with Crippen molar-refractivity contribution in [2.75, 3.05) is 14.1 Å². The van der Waals surface area contributed by atoms with Crippen LogP contribution in [0.5, 0.6) is 0 Å². The number of nitrogens with one attached hydrogen (secondary N) is 4. The number of nitrogens with zero attached hydrogens (tertiary/aromatic N) is 3. The predicted molar refractivity (Wildman–Crippen MR) is 224 cm³/mol. The first kappa shape index (κ1) is 37.6. The lowest BCUT2D eigenvalue weighted by Crippen LogP contribution is -2.24. The van der Waals surface area contributed by atoms with Crippen LogP contribution in [0.2, 0.25) is 0 Å². The monoisotopic (exact) mass is 724 g/mol. The Hall–Kier alpha value is -4.66. The van der Waals surface area contributed by atoms with Gasteiger partial charge in [0.2, 0.25) is 0 Å². The van der Waals surface area contributed by atoms with Crippen LogP contribution in [0.15, 0.2) is 36.4 Å². The highest BCUT2D eigenvalue weighted by atomic mass is 15.1. The molecule has 0 fully saturated rings. The summed E-state index contributed by atoms with van der Waals surface area (Å²) in [7, 11) is 4.40. The minimum atomic E-state index is -0.359. The van der Waals surface area contributed by atoms with Crippen molar-refractivity contribution >= 4 is 0 Å². The molecule has 7 heterocycles. The summed E-state index contributed by atoms with van der Waals surface area (Å²) in [6.45, 7) is 18.1. The van der Waals surface area contributed by atoms with Crippen LogP contribution in [0.3, 0.4) is 0 Å². The summed E-state index contributed by atoms with van der Waals surface area (Å²) in [6.07, 6.45) is 7.20. The van der Waals surface area contributed by atoms with E-state index in [4.69, 9.17) is 15.7 Å². The quantitative estimate of drug-likeness (QED) is 0.102. The zero-order valence-electron chi connectivity index (χ0n) is 34.2. The van der Waals surface area contributed by atoms with Crippen molar-refractivity contribution in [2.45, 2.75) is 119 Å². The molecule has 0 saturated carbocycles. The van der Waals surface area contributed by atoms with E-state index in [9.17, 15) is 0 Å². The van der Waals surface area contributed by atoms with Crippen molar-refractivity contribution < 1.29 is 0 Å². The molecule has 0 aliphatic carbocycles. The zero-order chi connectivity index (χ0) is 38.4. The van der Waals surface area contributed by atoms with Gasteiger partial charge in [0, 0.05) is 22.8 Å². The van der Waals surface area contributed by atoms with Gasteiger partial charge in [0.15, 0.2) is 0 Å². The van der Waals surface area contributed by atoms with E-state index in [0.29, 0.717) is 0 Å². The topological polar surface area (TPSA) is 118 Å². The number of aromatic amines is 4. The molecule has 0 amide bonds. The Kier molecular flexibility index (Phi) is 10.6. The summed E-state index contributed by atoms with van der Waals surface area (Å²) < 4.78 is 0. The van der Waals surface area contributed by atoms with Gasteiger partial charge in [0.25, 0.3) is 0 Å². The van der Waals surface area contributed by atoms with Gasteiger partial charge in [-0.1, -0.05) is 67.5 Å². The summed E-state index contributed by atoms with van der Waals surface area (Å²) in [5.41, 5.74) is 30.7. The molecule has 1 aliphatic rings. The van der Waals surface area contributed by atoms with Gasteiger partial charge < -0.3 is 25.7 Å². The molecular weight excluding hydrogens is 665 g/mol. The van der Waals surface area contributed by atoms with Crippen molar-refractivity contribution in [3.63, 3.8) is 0 Å². The van der Waals surface area contributed by atoms with Crippen molar-refractivity contribution in [1.82, 2.24) is 34.8 Å². The summed E-state index contributed by atoms with van der Waals surface area (Å²) >= 11 is 0. The molecule has 0 aromatic carbocycles. The maximum absolute atomic E-state index is 7.40. The molecule has 8 heteroatoms. The van der Waals surface area contributed by atoms with E-state index in [-0.39, 0.29) is 12.1 Å². The third-order valence-corrected chi connectivity index (χ3v) is 12.0. The molecule has 7 rings (SSSR count). The molecule has 0 saturated heterocycles. The van der Waals surface area contributed by atoms with Crippen LogP contribution in [0.1, 0.15) is 135 Å². The Morgan fingerprint density at radius 2 is 0.704 bits per heavy atom. The summed E-state index contributed by atoms with van der Waals surface area (Å²) in [5, 5.41) is 0. The number of fused-ring (bicyclic) bond motifs is 16. The van der Waals surface area contributed by atoms with E-state index in [1.165, 1.54) is 55.9 Å². The fraction of sp³-hybridized carbons (Fsp3) is 0.435. The standard InChI is InChI=1S/C46H60N8/c1-11-25-29(15-5)42-37(47)43-30(16-6)26(12-2)39(51-43)34-22-20-24-36(49-34)41-28(14-4)32(18-8)45(53-41)46(54(9)10)44-31(17-7)27(13-3)40(52-44)35-23-19-21-33(48-35)38(25)50-42/h19-24,37,46,50-53H,11-18,47H2,1-10H3. The molecule has 54 heavy (non-hydrogen) atoms. The second-order valence-corrected chi connectivity index (χ2v) is 15.0. The van der Waals surface area contributed by atoms with Crippen molar-refractivity contribution in [3.8, 4) is 45.6 Å². The van der Waals surface area contributed by atoms with Crippen molar-refractivity contribution in [3.05, 3.63) is 104 Å². The molecule has 0 radical (unpaired) electrons. The van der Waals surface area contributed by atoms with Crippen LogP contribution in [0.25, 0.3) is 45.6 Å². The second-order valence-electron chi connectivity index (χ2n) is 15.0.